The number of rotatable bonds is 5. The number of amidine groups is 1. The zero-order valence-electron chi connectivity index (χ0n) is 12.6. The summed E-state index contributed by atoms with van der Waals surface area (Å²) < 4.78 is 13.3. The molecule has 0 spiro atoms. The first-order chi connectivity index (χ1) is 10.0. The van der Waals surface area contributed by atoms with E-state index in [4.69, 9.17) is 10.9 Å². The third-order valence-electron chi connectivity index (χ3n) is 4.09. The second-order valence-electron chi connectivity index (χ2n) is 5.76. The third-order valence-corrected chi connectivity index (χ3v) is 4.09. The molecule has 6 heteroatoms. The molecule has 21 heavy (non-hydrogen) atoms. The molecule has 1 fully saturated rings. The van der Waals surface area contributed by atoms with Crippen molar-refractivity contribution in [3.63, 3.8) is 0 Å². The minimum atomic E-state index is -0.390. The van der Waals surface area contributed by atoms with Crippen LogP contribution in [0.4, 0.5) is 4.39 Å². The van der Waals surface area contributed by atoms with Gasteiger partial charge in [-0.15, -0.1) is 0 Å². The highest BCUT2D eigenvalue weighted by Crippen LogP contribution is 2.18. The van der Waals surface area contributed by atoms with Crippen molar-refractivity contribution in [2.75, 3.05) is 27.2 Å². The van der Waals surface area contributed by atoms with E-state index in [1.54, 1.807) is 6.07 Å². The van der Waals surface area contributed by atoms with Crippen molar-refractivity contribution in [3.8, 4) is 0 Å². The predicted octanol–water partition coefficient (Wildman–Crippen LogP) is 1.45. The van der Waals surface area contributed by atoms with Gasteiger partial charge in [0.15, 0.2) is 5.84 Å². The Morgan fingerprint density at radius 3 is 2.95 bits per heavy atom. The summed E-state index contributed by atoms with van der Waals surface area (Å²) in [5.74, 6) is -0.450. The fourth-order valence-electron chi connectivity index (χ4n) is 2.90. The van der Waals surface area contributed by atoms with Crippen molar-refractivity contribution in [3.05, 3.63) is 35.1 Å². The molecule has 1 aliphatic rings. The van der Waals surface area contributed by atoms with Crippen molar-refractivity contribution in [2.24, 2.45) is 10.9 Å². The molecule has 2 rings (SSSR count). The highest BCUT2D eigenvalue weighted by molar-refractivity contribution is 5.98. The average molecular weight is 294 g/mol. The van der Waals surface area contributed by atoms with Crippen LogP contribution < -0.4 is 5.73 Å². The lowest BCUT2D eigenvalue weighted by atomic mass is 10.1. The molecule has 3 N–H and O–H groups in total. The normalized spacial score (nSPS) is 20.4. The molecular weight excluding hydrogens is 271 g/mol. The zero-order valence-corrected chi connectivity index (χ0v) is 12.6. The van der Waals surface area contributed by atoms with Gasteiger partial charge in [-0.2, -0.15) is 0 Å². The Kier molecular flexibility index (Phi) is 5.14. The molecule has 0 bridgehead atoms. The van der Waals surface area contributed by atoms with Crippen molar-refractivity contribution in [2.45, 2.75) is 25.4 Å². The lowest BCUT2D eigenvalue weighted by molar-refractivity contribution is 0.215. The summed E-state index contributed by atoms with van der Waals surface area (Å²) in [5.41, 5.74) is 6.94. The van der Waals surface area contributed by atoms with Crippen LogP contribution in [0.25, 0.3) is 0 Å². The van der Waals surface area contributed by atoms with Gasteiger partial charge in [-0.1, -0.05) is 11.2 Å². The first-order valence-electron chi connectivity index (χ1n) is 7.16. The largest absolute Gasteiger partial charge is 0.409 e. The molecule has 5 nitrogen and oxygen atoms in total. The fraction of sp³-hybridized carbons (Fsp3) is 0.533. The van der Waals surface area contributed by atoms with Crippen LogP contribution in [0.15, 0.2) is 23.4 Å². The number of nitrogens with two attached hydrogens (primary N) is 1. The third kappa shape index (κ3) is 3.92. The molecule has 116 valence electrons. The van der Waals surface area contributed by atoms with Crippen LogP contribution in [0.5, 0.6) is 0 Å². The lowest BCUT2D eigenvalue weighted by Crippen LogP contribution is -2.36. The Hall–Kier alpha value is -1.66. The van der Waals surface area contributed by atoms with Gasteiger partial charge < -0.3 is 20.7 Å². The minimum absolute atomic E-state index is 0.0594. The van der Waals surface area contributed by atoms with E-state index in [9.17, 15) is 4.39 Å². The summed E-state index contributed by atoms with van der Waals surface area (Å²) in [5, 5.41) is 11.8. The molecule has 1 atom stereocenters. The Balaban J connectivity index is 2.08. The summed E-state index contributed by atoms with van der Waals surface area (Å²) in [6.07, 6.45) is 2.44. The number of hydrogen-bond acceptors (Lipinski definition) is 4. The second-order valence-corrected chi connectivity index (χ2v) is 5.76. The van der Waals surface area contributed by atoms with Crippen LogP contribution in [-0.2, 0) is 6.54 Å². The van der Waals surface area contributed by atoms with E-state index in [0.717, 1.165) is 18.7 Å². The summed E-state index contributed by atoms with van der Waals surface area (Å²) >= 11 is 0. The van der Waals surface area contributed by atoms with Crippen molar-refractivity contribution < 1.29 is 9.60 Å². The molecule has 1 heterocycles. The molecular formula is C15H23FN4O. The maximum atomic E-state index is 13.3. The molecule has 1 aromatic rings. The molecule has 1 aliphatic heterocycles. The molecule has 0 radical (unpaired) electrons. The van der Waals surface area contributed by atoms with E-state index in [0.29, 0.717) is 18.2 Å². The van der Waals surface area contributed by atoms with E-state index in [-0.39, 0.29) is 5.84 Å². The standard InChI is InChI=1S/C15H23FN4O/c1-19(10-13-4-3-7-20(13)2)9-11-5-6-12(16)8-14(11)15(17)18-21/h5-6,8,13,21H,3-4,7,9-10H2,1-2H3,(H2,17,18). The maximum Gasteiger partial charge on any atom is 0.170 e. The first kappa shape index (κ1) is 15.7. The quantitative estimate of drug-likeness (QED) is 0.373. The van der Waals surface area contributed by atoms with Crippen LogP contribution in [0.1, 0.15) is 24.0 Å². The van der Waals surface area contributed by atoms with Gasteiger partial charge in [0.25, 0.3) is 0 Å². The monoisotopic (exact) mass is 294 g/mol. The van der Waals surface area contributed by atoms with Gasteiger partial charge in [0.05, 0.1) is 0 Å². The molecule has 1 saturated heterocycles. The van der Waals surface area contributed by atoms with Gasteiger partial charge in [0.2, 0.25) is 0 Å². The molecule has 0 saturated carbocycles. The Morgan fingerprint density at radius 2 is 2.33 bits per heavy atom. The number of likely N-dealkylation sites (N-methyl/N-ethyl adjacent to an activating group) is 2. The highest BCUT2D eigenvalue weighted by atomic mass is 19.1. The highest BCUT2D eigenvalue weighted by Gasteiger charge is 2.22. The van der Waals surface area contributed by atoms with Crippen LogP contribution in [0, 0.1) is 5.82 Å². The Labute approximate surface area is 124 Å². The summed E-state index contributed by atoms with van der Waals surface area (Å²) in [7, 11) is 4.18. The molecule has 0 aliphatic carbocycles. The number of benzene rings is 1. The van der Waals surface area contributed by atoms with E-state index >= 15 is 0 Å². The number of oxime groups is 1. The van der Waals surface area contributed by atoms with E-state index in [2.05, 4.69) is 22.0 Å². The van der Waals surface area contributed by atoms with Gasteiger partial charge >= 0.3 is 0 Å². The van der Waals surface area contributed by atoms with Crippen molar-refractivity contribution >= 4 is 5.84 Å². The van der Waals surface area contributed by atoms with Gasteiger partial charge in [-0.05, 0) is 51.2 Å². The van der Waals surface area contributed by atoms with Gasteiger partial charge in [0.1, 0.15) is 5.82 Å². The molecule has 0 amide bonds. The summed E-state index contributed by atoms with van der Waals surface area (Å²) in [6.45, 7) is 2.73. The van der Waals surface area contributed by atoms with E-state index < -0.39 is 5.82 Å². The number of halogens is 1. The molecule has 0 aromatic heterocycles. The maximum absolute atomic E-state index is 13.3. The number of hydrogen-bond donors (Lipinski definition) is 2. The summed E-state index contributed by atoms with van der Waals surface area (Å²) in [6, 6.07) is 4.96. The topological polar surface area (TPSA) is 65.1 Å². The smallest absolute Gasteiger partial charge is 0.170 e. The second kappa shape index (κ2) is 6.87. The number of likely N-dealkylation sites (tertiary alicyclic amines) is 1. The first-order valence-corrected chi connectivity index (χ1v) is 7.16. The fourth-order valence-corrected chi connectivity index (χ4v) is 2.90. The lowest BCUT2D eigenvalue weighted by Gasteiger charge is -2.26. The van der Waals surface area contributed by atoms with Crippen molar-refractivity contribution in [1.29, 1.82) is 0 Å². The number of nitrogens with zero attached hydrogens (tertiary/aromatic N) is 3. The van der Waals surface area contributed by atoms with Crippen LogP contribution >= 0.6 is 0 Å². The van der Waals surface area contributed by atoms with E-state index in [1.807, 2.05) is 7.05 Å². The van der Waals surface area contributed by atoms with Gasteiger partial charge in [-0.3, -0.25) is 0 Å². The SMILES string of the molecule is CN(Cc1ccc(F)cc1C(N)=NO)CC1CCCN1C. The zero-order chi connectivity index (χ0) is 15.4. The predicted molar refractivity (Wildman–Crippen MR) is 80.9 cm³/mol. The van der Waals surface area contributed by atoms with Crippen LogP contribution in [-0.4, -0.2) is 54.1 Å². The Morgan fingerprint density at radius 1 is 1.57 bits per heavy atom. The van der Waals surface area contributed by atoms with Crippen LogP contribution in [0.2, 0.25) is 0 Å². The van der Waals surface area contributed by atoms with E-state index in [1.165, 1.54) is 25.0 Å². The summed E-state index contributed by atoms with van der Waals surface area (Å²) in [4.78, 5) is 4.56. The average Bonchev–Trinajstić information content (AvgIpc) is 2.85. The molecule has 1 unspecified atom stereocenters. The minimum Gasteiger partial charge on any atom is -0.409 e. The Bertz CT molecular complexity index is 520. The van der Waals surface area contributed by atoms with Crippen LogP contribution in [0.3, 0.4) is 0 Å². The molecule has 1 aromatic carbocycles. The van der Waals surface area contributed by atoms with Crippen molar-refractivity contribution in [1.82, 2.24) is 9.80 Å². The van der Waals surface area contributed by atoms with Gasteiger partial charge in [0, 0.05) is 24.7 Å². The van der Waals surface area contributed by atoms with Gasteiger partial charge in [-0.25, -0.2) is 4.39 Å².